The van der Waals surface area contributed by atoms with Crippen LogP contribution in [0.5, 0.6) is 0 Å². The maximum atomic E-state index is 11.9. The predicted octanol–water partition coefficient (Wildman–Crippen LogP) is 0.959. The maximum Gasteiger partial charge on any atom is 0.327 e. The first-order chi connectivity index (χ1) is 8.95. The van der Waals surface area contributed by atoms with Gasteiger partial charge in [-0.1, -0.05) is 6.07 Å². The summed E-state index contributed by atoms with van der Waals surface area (Å²) < 4.78 is 0. The number of nitrogens with zero attached hydrogens (tertiary/aromatic N) is 1. The third-order valence-electron chi connectivity index (χ3n) is 2.55. The summed E-state index contributed by atoms with van der Waals surface area (Å²) in [5.41, 5.74) is 1.26. The third-order valence-corrected chi connectivity index (χ3v) is 2.55. The fourth-order valence-corrected chi connectivity index (χ4v) is 1.48. The van der Waals surface area contributed by atoms with E-state index in [0.717, 1.165) is 5.69 Å². The number of carboxylic acid groups (broad SMARTS) is 1. The summed E-state index contributed by atoms with van der Waals surface area (Å²) in [6, 6.07) is 5.83. The summed E-state index contributed by atoms with van der Waals surface area (Å²) in [5, 5.41) is 11.3. The van der Waals surface area contributed by atoms with E-state index in [9.17, 15) is 9.59 Å². The van der Waals surface area contributed by atoms with Crippen LogP contribution in [0.2, 0.25) is 0 Å². The monoisotopic (exact) mass is 260 g/mol. The molecule has 1 aromatic carbocycles. The van der Waals surface area contributed by atoms with Gasteiger partial charge in [0.1, 0.15) is 6.04 Å². The molecule has 0 aromatic heterocycles. The average Bonchev–Trinajstić information content (AvgIpc) is 2.38. The molecule has 0 saturated carbocycles. The molecule has 0 aliphatic rings. The second-order valence-electron chi connectivity index (χ2n) is 4.22. The Labute approximate surface area is 112 Å². The lowest BCUT2D eigenvalue weighted by Gasteiger charge is -2.15. The lowest BCUT2D eigenvalue weighted by atomic mass is 10.1. The molecule has 0 heterocycles. The zero-order valence-electron chi connectivity index (χ0n) is 10.9. The van der Waals surface area contributed by atoms with E-state index in [0.29, 0.717) is 5.56 Å². The first-order valence-corrected chi connectivity index (χ1v) is 5.70. The van der Waals surface area contributed by atoms with Gasteiger partial charge in [0.05, 0.1) is 0 Å². The molecule has 1 rings (SSSR count). The number of hydrogen-bond acceptors (Lipinski definition) is 3. The Morgan fingerprint density at radius 2 is 2.16 bits per heavy atom. The Balaban J connectivity index is 2.86. The minimum Gasteiger partial charge on any atom is -0.480 e. The van der Waals surface area contributed by atoms with Gasteiger partial charge in [0, 0.05) is 31.8 Å². The van der Waals surface area contributed by atoms with Crippen molar-refractivity contribution in [2.45, 2.75) is 12.5 Å². The van der Waals surface area contributed by atoms with E-state index in [1.54, 1.807) is 18.2 Å². The number of terminal acetylenes is 1. The number of carbonyl (C=O) groups excluding carboxylic acids is 1. The van der Waals surface area contributed by atoms with E-state index in [-0.39, 0.29) is 6.42 Å². The van der Waals surface area contributed by atoms with Crippen LogP contribution in [0, 0.1) is 12.3 Å². The highest BCUT2D eigenvalue weighted by Gasteiger charge is 2.19. The van der Waals surface area contributed by atoms with Crippen molar-refractivity contribution in [3.05, 3.63) is 29.8 Å². The van der Waals surface area contributed by atoms with Gasteiger partial charge in [0.2, 0.25) is 0 Å². The Hall–Kier alpha value is -2.48. The number of aliphatic carboxylic acids is 1. The van der Waals surface area contributed by atoms with Gasteiger partial charge in [-0.15, -0.1) is 12.3 Å². The molecule has 0 radical (unpaired) electrons. The second kappa shape index (κ2) is 6.45. The van der Waals surface area contributed by atoms with Crippen LogP contribution in [0.25, 0.3) is 0 Å². The van der Waals surface area contributed by atoms with Crippen LogP contribution in [0.4, 0.5) is 5.69 Å². The first-order valence-electron chi connectivity index (χ1n) is 5.70. The lowest BCUT2D eigenvalue weighted by Crippen LogP contribution is -2.40. The highest BCUT2D eigenvalue weighted by molar-refractivity contribution is 5.97. The first kappa shape index (κ1) is 14.6. The van der Waals surface area contributed by atoms with E-state index in [4.69, 9.17) is 11.5 Å². The number of benzene rings is 1. The fraction of sp³-hybridized carbons (Fsp3) is 0.286. The number of carboxylic acids is 1. The summed E-state index contributed by atoms with van der Waals surface area (Å²) in [4.78, 5) is 24.7. The van der Waals surface area contributed by atoms with Crippen LogP contribution in [0.3, 0.4) is 0 Å². The minimum atomic E-state index is -1.14. The Morgan fingerprint density at radius 3 is 2.68 bits per heavy atom. The van der Waals surface area contributed by atoms with E-state index in [2.05, 4.69) is 11.2 Å². The van der Waals surface area contributed by atoms with Crippen molar-refractivity contribution in [2.75, 3.05) is 19.0 Å². The van der Waals surface area contributed by atoms with Crippen LogP contribution in [-0.4, -0.2) is 37.1 Å². The molecule has 0 bridgehead atoms. The summed E-state index contributed by atoms with van der Waals surface area (Å²) in [7, 11) is 3.71. The number of nitrogens with one attached hydrogen (secondary N) is 1. The van der Waals surface area contributed by atoms with E-state index in [1.165, 1.54) is 0 Å². The molecule has 5 nitrogen and oxygen atoms in total. The molecule has 0 aliphatic carbocycles. The maximum absolute atomic E-state index is 11.9. The van der Waals surface area contributed by atoms with Crippen molar-refractivity contribution in [2.24, 2.45) is 0 Å². The quantitative estimate of drug-likeness (QED) is 0.774. The zero-order chi connectivity index (χ0) is 14.4. The molecule has 19 heavy (non-hydrogen) atoms. The Bertz CT molecular complexity index is 518. The minimum absolute atomic E-state index is 0.0472. The van der Waals surface area contributed by atoms with Gasteiger partial charge >= 0.3 is 5.97 Å². The summed E-state index contributed by atoms with van der Waals surface area (Å²) in [6.07, 6.45) is 5.03. The molecule has 1 unspecified atom stereocenters. The molecule has 0 aliphatic heterocycles. The van der Waals surface area contributed by atoms with Gasteiger partial charge in [-0.05, 0) is 18.2 Å². The smallest absolute Gasteiger partial charge is 0.327 e. The normalized spacial score (nSPS) is 11.2. The molecule has 100 valence electrons. The van der Waals surface area contributed by atoms with Crippen LogP contribution in [-0.2, 0) is 4.79 Å². The number of hydrogen-bond donors (Lipinski definition) is 2. The Morgan fingerprint density at radius 1 is 1.47 bits per heavy atom. The molecule has 1 aromatic rings. The standard InChI is InChI=1S/C14H16N2O3/c1-4-6-12(14(18)19)15-13(17)10-7-5-8-11(9-10)16(2)3/h1,5,7-9,12H,6H2,2-3H3,(H,15,17)(H,18,19). The Kier molecular flexibility index (Phi) is 4.95. The van der Waals surface area contributed by atoms with E-state index >= 15 is 0 Å². The molecule has 5 heteroatoms. The molecular formula is C14H16N2O3. The van der Waals surface area contributed by atoms with Gasteiger partial charge in [-0.25, -0.2) is 4.79 Å². The van der Waals surface area contributed by atoms with Gasteiger partial charge in [0.25, 0.3) is 5.91 Å². The van der Waals surface area contributed by atoms with Gasteiger partial charge in [-0.3, -0.25) is 4.79 Å². The summed E-state index contributed by atoms with van der Waals surface area (Å²) in [6.45, 7) is 0. The number of amides is 1. The average molecular weight is 260 g/mol. The third kappa shape index (κ3) is 4.03. The molecule has 1 amide bonds. The van der Waals surface area contributed by atoms with Gasteiger partial charge < -0.3 is 15.3 Å². The van der Waals surface area contributed by atoms with Gasteiger partial charge in [-0.2, -0.15) is 0 Å². The molecule has 1 atom stereocenters. The number of anilines is 1. The van der Waals surface area contributed by atoms with Crippen molar-refractivity contribution in [3.8, 4) is 12.3 Å². The van der Waals surface area contributed by atoms with Crippen LogP contribution < -0.4 is 10.2 Å². The predicted molar refractivity (Wildman–Crippen MR) is 73.1 cm³/mol. The van der Waals surface area contributed by atoms with Crippen LogP contribution in [0.15, 0.2) is 24.3 Å². The van der Waals surface area contributed by atoms with Crippen molar-refractivity contribution in [1.82, 2.24) is 5.32 Å². The zero-order valence-corrected chi connectivity index (χ0v) is 10.9. The SMILES string of the molecule is C#CCC(NC(=O)c1cccc(N(C)C)c1)C(=O)O. The second-order valence-corrected chi connectivity index (χ2v) is 4.22. The summed E-state index contributed by atoms with van der Waals surface area (Å²) >= 11 is 0. The molecule has 0 spiro atoms. The number of carbonyl (C=O) groups is 2. The van der Waals surface area contributed by atoms with Crippen molar-refractivity contribution >= 4 is 17.6 Å². The van der Waals surface area contributed by atoms with Crippen molar-refractivity contribution in [1.29, 1.82) is 0 Å². The largest absolute Gasteiger partial charge is 0.480 e. The molecular weight excluding hydrogens is 244 g/mol. The molecule has 0 saturated heterocycles. The lowest BCUT2D eigenvalue weighted by molar-refractivity contribution is -0.139. The fourth-order valence-electron chi connectivity index (χ4n) is 1.48. The highest BCUT2D eigenvalue weighted by atomic mass is 16.4. The molecule has 0 fully saturated rings. The number of rotatable bonds is 5. The van der Waals surface area contributed by atoms with Crippen LogP contribution in [0.1, 0.15) is 16.8 Å². The van der Waals surface area contributed by atoms with Gasteiger partial charge in [0.15, 0.2) is 0 Å². The summed E-state index contributed by atoms with van der Waals surface area (Å²) in [5.74, 6) is 0.636. The highest BCUT2D eigenvalue weighted by Crippen LogP contribution is 2.13. The topological polar surface area (TPSA) is 69.6 Å². The van der Waals surface area contributed by atoms with Crippen molar-refractivity contribution in [3.63, 3.8) is 0 Å². The van der Waals surface area contributed by atoms with E-state index < -0.39 is 17.9 Å². The van der Waals surface area contributed by atoms with Crippen molar-refractivity contribution < 1.29 is 14.7 Å². The molecule has 2 N–H and O–H groups in total. The van der Waals surface area contributed by atoms with Crippen LogP contribution >= 0.6 is 0 Å². The van der Waals surface area contributed by atoms with E-state index in [1.807, 2.05) is 25.1 Å².